The largest absolute Gasteiger partial charge is 0.419 e. The number of nitrogens with zero attached hydrogens (tertiary/aromatic N) is 2. The van der Waals surface area contributed by atoms with Gasteiger partial charge >= 0.3 is 5.76 Å². The second kappa shape index (κ2) is 4.43. The van der Waals surface area contributed by atoms with Crippen LogP contribution in [0.25, 0.3) is 11.1 Å². The zero-order valence-electron chi connectivity index (χ0n) is 10.4. The minimum absolute atomic E-state index is 0.116. The number of aliphatic hydroxyl groups is 1. The standard InChI is InChI=1S/C12H12N2O6/c15-5-12(6-19-7-12)4-13-9-3-8(14(17)18)1-2-10(9)20-11(13)16/h1-3,15H,4-7H2. The molecule has 1 aromatic carbocycles. The summed E-state index contributed by atoms with van der Waals surface area (Å²) >= 11 is 0. The summed E-state index contributed by atoms with van der Waals surface area (Å²) in [5.41, 5.74) is -0.00144. The van der Waals surface area contributed by atoms with Crippen LogP contribution >= 0.6 is 0 Å². The van der Waals surface area contributed by atoms with Gasteiger partial charge in [0.1, 0.15) is 0 Å². The number of fused-ring (bicyclic) bond motifs is 1. The molecule has 0 atom stereocenters. The van der Waals surface area contributed by atoms with Gasteiger partial charge in [0.15, 0.2) is 5.58 Å². The third-order valence-corrected chi connectivity index (χ3v) is 3.51. The van der Waals surface area contributed by atoms with E-state index in [1.54, 1.807) is 0 Å². The van der Waals surface area contributed by atoms with E-state index in [1.165, 1.54) is 22.8 Å². The molecule has 1 aromatic heterocycles. The lowest BCUT2D eigenvalue weighted by atomic mass is 9.87. The van der Waals surface area contributed by atoms with Crippen molar-refractivity contribution in [2.45, 2.75) is 6.54 Å². The minimum atomic E-state index is -0.597. The molecule has 1 aliphatic heterocycles. The van der Waals surface area contributed by atoms with Gasteiger partial charge in [-0.3, -0.25) is 14.7 Å². The molecule has 8 heteroatoms. The molecule has 0 bridgehead atoms. The molecule has 20 heavy (non-hydrogen) atoms. The van der Waals surface area contributed by atoms with Crippen LogP contribution in [0.2, 0.25) is 0 Å². The Morgan fingerprint density at radius 2 is 2.20 bits per heavy atom. The lowest BCUT2D eigenvalue weighted by molar-refractivity contribution is -0.384. The molecule has 0 aliphatic carbocycles. The van der Waals surface area contributed by atoms with E-state index in [4.69, 9.17) is 9.15 Å². The lowest BCUT2D eigenvalue weighted by Crippen LogP contribution is -2.49. The Kier molecular flexibility index (Phi) is 2.84. The minimum Gasteiger partial charge on any atom is -0.408 e. The predicted molar refractivity (Wildman–Crippen MR) is 67.5 cm³/mol. The molecular formula is C12H12N2O6. The van der Waals surface area contributed by atoms with Crippen LogP contribution in [0.15, 0.2) is 27.4 Å². The summed E-state index contributed by atoms with van der Waals surface area (Å²) < 4.78 is 11.4. The molecule has 1 aliphatic rings. The third-order valence-electron chi connectivity index (χ3n) is 3.51. The molecule has 1 saturated heterocycles. The van der Waals surface area contributed by atoms with Crippen molar-refractivity contribution in [2.24, 2.45) is 5.41 Å². The number of aromatic nitrogens is 1. The molecule has 1 N–H and O–H groups in total. The van der Waals surface area contributed by atoms with Gasteiger partial charge in [-0.2, -0.15) is 0 Å². The van der Waals surface area contributed by atoms with Gasteiger partial charge in [0.05, 0.1) is 35.7 Å². The topological polar surface area (TPSA) is 108 Å². The zero-order chi connectivity index (χ0) is 14.3. The number of ether oxygens (including phenoxy) is 1. The Balaban J connectivity index is 2.09. The summed E-state index contributed by atoms with van der Waals surface area (Å²) in [6.07, 6.45) is 0. The Morgan fingerprint density at radius 1 is 1.45 bits per heavy atom. The number of benzene rings is 1. The Hall–Kier alpha value is -2.19. The average Bonchev–Trinajstić information content (AvgIpc) is 2.68. The number of hydrogen-bond acceptors (Lipinski definition) is 6. The molecule has 0 spiro atoms. The Bertz CT molecular complexity index is 722. The second-order valence-electron chi connectivity index (χ2n) is 5.01. The van der Waals surface area contributed by atoms with E-state index >= 15 is 0 Å². The monoisotopic (exact) mass is 280 g/mol. The molecule has 106 valence electrons. The first-order chi connectivity index (χ1) is 9.54. The maximum atomic E-state index is 11.9. The van der Waals surface area contributed by atoms with Crippen molar-refractivity contribution < 1.29 is 19.2 Å². The summed E-state index contributed by atoms with van der Waals surface area (Å²) in [5, 5.41) is 20.2. The van der Waals surface area contributed by atoms with Crippen LogP contribution in [-0.2, 0) is 11.3 Å². The van der Waals surface area contributed by atoms with Crippen LogP contribution in [0.4, 0.5) is 5.69 Å². The van der Waals surface area contributed by atoms with Crippen LogP contribution in [0.1, 0.15) is 0 Å². The number of non-ortho nitro benzene ring substituents is 1. The molecule has 0 saturated carbocycles. The second-order valence-corrected chi connectivity index (χ2v) is 5.01. The molecule has 3 rings (SSSR count). The normalized spacial score (nSPS) is 17.1. The number of oxazole rings is 1. The van der Waals surface area contributed by atoms with Crippen LogP contribution in [0.3, 0.4) is 0 Å². The van der Waals surface area contributed by atoms with Crippen molar-refractivity contribution >= 4 is 16.8 Å². The van der Waals surface area contributed by atoms with Gasteiger partial charge in [-0.25, -0.2) is 4.79 Å². The number of aliphatic hydroxyl groups excluding tert-OH is 1. The molecule has 2 heterocycles. The Morgan fingerprint density at radius 3 is 2.75 bits per heavy atom. The molecule has 0 radical (unpaired) electrons. The van der Waals surface area contributed by atoms with Crippen molar-refractivity contribution in [3.05, 3.63) is 38.9 Å². The Labute approximate surface area is 112 Å². The molecule has 1 fully saturated rings. The number of hydrogen-bond donors (Lipinski definition) is 1. The van der Waals surface area contributed by atoms with E-state index in [2.05, 4.69) is 0 Å². The zero-order valence-corrected chi connectivity index (χ0v) is 10.4. The predicted octanol–water partition coefficient (Wildman–Crippen LogP) is 0.512. The van der Waals surface area contributed by atoms with Gasteiger partial charge in [0.2, 0.25) is 0 Å². The number of rotatable bonds is 4. The van der Waals surface area contributed by atoms with Gasteiger partial charge in [0.25, 0.3) is 5.69 Å². The van der Waals surface area contributed by atoms with Crippen molar-refractivity contribution in [3.63, 3.8) is 0 Å². The summed E-state index contributed by atoms with van der Waals surface area (Å²) in [4.78, 5) is 22.1. The summed E-state index contributed by atoms with van der Waals surface area (Å²) in [7, 11) is 0. The van der Waals surface area contributed by atoms with Crippen LogP contribution < -0.4 is 5.76 Å². The summed E-state index contributed by atoms with van der Waals surface area (Å²) in [6.45, 7) is 0.770. The molecule has 0 amide bonds. The quantitative estimate of drug-likeness (QED) is 0.645. The fourth-order valence-electron chi connectivity index (χ4n) is 2.27. The first-order valence-corrected chi connectivity index (χ1v) is 6.01. The number of nitro benzene ring substituents is 1. The molecule has 8 nitrogen and oxygen atoms in total. The fraction of sp³-hybridized carbons (Fsp3) is 0.417. The van der Waals surface area contributed by atoms with Crippen molar-refractivity contribution in [2.75, 3.05) is 19.8 Å². The fourth-order valence-corrected chi connectivity index (χ4v) is 2.27. The van der Waals surface area contributed by atoms with Gasteiger partial charge in [0, 0.05) is 18.7 Å². The van der Waals surface area contributed by atoms with E-state index in [1.807, 2.05) is 0 Å². The van der Waals surface area contributed by atoms with Crippen LogP contribution in [0.5, 0.6) is 0 Å². The van der Waals surface area contributed by atoms with Crippen molar-refractivity contribution in [1.29, 1.82) is 0 Å². The van der Waals surface area contributed by atoms with Crippen LogP contribution in [-0.4, -0.2) is 34.4 Å². The van der Waals surface area contributed by atoms with Gasteiger partial charge in [-0.1, -0.05) is 0 Å². The highest BCUT2D eigenvalue weighted by Gasteiger charge is 2.39. The van der Waals surface area contributed by atoms with E-state index < -0.39 is 16.1 Å². The highest BCUT2D eigenvalue weighted by atomic mass is 16.6. The van der Waals surface area contributed by atoms with E-state index in [0.29, 0.717) is 18.7 Å². The van der Waals surface area contributed by atoms with Gasteiger partial charge in [-0.05, 0) is 6.07 Å². The average molecular weight is 280 g/mol. The van der Waals surface area contributed by atoms with E-state index in [-0.39, 0.29) is 24.4 Å². The van der Waals surface area contributed by atoms with E-state index in [0.717, 1.165) is 0 Å². The van der Waals surface area contributed by atoms with Crippen LogP contribution in [0, 0.1) is 15.5 Å². The molecule has 0 unspecified atom stereocenters. The number of nitro groups is 1. The SMILES string of the molecule is O=c1oc2ccc([N+](=O)[O-])cc2n1CC1(CO)COC1. The van der Waals surface area contributed by atoms with Crippen molar-refractivity contribution in [3.8, 4) is 0 Å². The smallest absolute Gasteiger partial charge is 0.408 e. The first kappa shape index (κ1) is 12.8. The molecule has 2 aromatic rings. The van der Waals surface area contributed by atoms with Gasteiger partial charge in [-0.15, -0.1) is 0 Å². The van der Waals surface area contributed by atoms with E-state index in [9.17, 15) is 20.0 Å². The van der Waals surface area contributed by atoms with Crippen molar-refractivity contribution in [1.82, 2.24) is 4.57 Å². The maximum Gasteiger partial charge on any atom is 0.419 e. The third kappa shape index (κ3) is 1.89. The highest BCUT2D eigenvalue weighted by molar-refractivity contribution is 5.75. The molecular weight excluding hydrogens is 268 g/mol. The maximum absolute atomic E-state index is 11.9. The first-order valence-electron chi connectivity index (χ1n) is 6.01. The van der Waals surface area contributed by atoms with Gasteiger partial charge < -0.3 is 14.3 Å². The summed E-state index contributed by atoms with van der Waals surface area (Å²) in [5.74, 6) is -0.597. The summed E-state index contributed by atoms with van der Waals surface area (Å²) in [6, 6.07) is 3.98. The lowest BCUT2D eigenvalue weighted by Gasteiger charge is -2.39. The highest BCUT2D eigenvalue weighted by Crippen LogP contribution is 2.30.